The van der Waals surface area contributed by atoms with Gasteiger partial charge in [0.05, 0.1) is 4.90 Å². The van der Waals surface area contributed by atoms with E-state index in [1.807, 2.05) is 0 Å². The van der Waals surface area contributed by atoms with E-state index in [1.54, 1.807) is 0 Å². The Kier molecular flexibility index (Phi) is 4.39. The number of hydrogen-bond donors (Lipinski definition) is 2. The average molecular weight is 336 g/mol. The van der Waals surface area contributed by atoms with Crippen molar-refractivity contribution >= 4 is 19.9 Å². The van der Waals surface area contributed by atoms with Crippen LogP contribution in [0.3, 0.4) is 0 Å². The Labute approximate surface area is 123 Å². The van der Waals surface area contributed by atoms with E-state index < -0.39 is 36.6 Å². The Morgan fingerprint density at radius 1 is 1.24 bits per heavy atom. The number of sulfonamides is 1. The molecule has 2 unspecified atom stereocenters. The van der Waals surface area contributed by atoms with Gasteiger partial charge in [0.2, 0.25) is 10.0 Å². The van der Waals surface area contributed by atoms with Crippen molar-refractivity contribution in [3.8, 4) is 0 Å². The third-order valence-corrected chi connectivity index (χ3v) is 6.11. The molecule has 0 saturated heterocycles. The third-order valence-electron chi connectivity index (χ3n) is 3.50. The quantitative estimate of drug-likeness (QED) is 0.774. The lowest BCUT2D eigenvalue weighted by atomic mass is 10.2. The minimum atomic E-state index is -4.16. The maximum absolute atomic E-state index is 13.8. The maximum atomic E-state index is 13.8. The third kappa shape index (κ3) is 3.60. The molecule has 0 heterocycles. The van der Waals surface area contributed by atoms with E-state index in [-0.39, 0.29) is 10.9 Å². The molecule has 118 valence electrons. The summed E-state index contributed by atoms with van der Waals surface area (Å²) in [4.78, 5) is -0.926. The van der Waals surface area contributed by atoms with Gasteiger partial charge in [0.15, 0.2) is 9.84 Å². The fourth-order valence-corrected chi connectivity index (χ4v) is 4.46. The van der Waals surface area contributed by atoms with E-state index in [0.717, 1.165) is 30.9 Å². The van der Waals surface area contributed by atoms with E-state index >= 15 is 0 Å². The number of nitrogens with two attached hydrogens (primary N) is 1. The number of benzene rings is 1. The second kappa shape index (κ2) is 5.64. The molecule has 1 aromatic rings. The molecule has 1 aliphatic carbocycles. The Balaban J connectivity index is 2.40. The molecule has 1 fully saturated rings. The van der Waals surface area contributed by atoms with Crippen LogP contribution in [0.5, 0.6) is 0 Å². The average Bonchev–Trinajstić information content (AvgIpc) is 2.73. The molecular weight excluding hydrogens is 319 g/mol. The first kappa shape index (κ1) is 16.3. The van der Waals surface area contributed by atoms with Gasteiger partial charge in [-0.05, 0) is 31.0 Å². The standard InChI is InChI=1S/C12H17FN2O4S2/c1-20(16,17)8-5-6-9(13)12(7-8)21(18,19)15-11-4-2-3-10(11)14/h5-7,10-11,15H,2-4,14H2,1H3. The summed E-state index contributed by atoms with van der Waals surface area (Å²) in [5.41, 5.74) is 5.78. The van der Waals surface area contributed by atoms with Crippen LogP contribution >= 0.6 is 0 Å². The first-order chi connectivity index (χ1) is 9.61. The molecule has 1 saturated carbocycles. The second-order valence-electron chi connectivity index (χ2n) is 5.19. The molecule has 21 heavy (non-hydrogen) atoms. The number of rotatable bonds is 4. The Bertz CT molecular complexity index is 747. The second-order valence-corrected chi connectivity index (χ2v) is 8.89. The summed E-state index contributed by atoms with van der Waals surface area (Å²) in [5, 5.41) is 0. The fourth-order valence-electron chi connectivity index (χ4n) is 2.32. The Morgan fingerprint density at radius 3 is 2.43 bits per heavy atom. The van der Waals surface area contributed by atoms with Crippen LogP contribution < -0.4 is 10.5 Å². The first-order valence-corrected chi connectivity index (χ1v) is 9.76. The number of hydrogen-bond acceptors (Lipinski definition) is 5. The SMILES string of the molecule is CS(=O)(=O)c1ccc(F)c(S(=O)(=O)NC2CCCC2N)c1. The zero-order valence-corrected chi connectivity index (χ0v) is 13.0. The first-order valence-electron chi connectivity index (χ1n) is 6.39. The van der Waals surface area contributed by atoms with E-state index in [9.17, 15) is 21.2 Å². The molecule has 6 nitrogen and oxygen atoms in total. The van der Waals surface area contributed by atoms with E-state index in [1.165, 1.54) is 0 Å². The fraction of sp³-hybridized carbons (Fsp3) is 0.500. The van der Waals surface area contributed by atoms with Crippen molar-refractivity contribution in [1.29, 1.82) is 0 Å². The van der Waals surface area contributed by atoms with Gasteiger partial charge in [0.1, 0.15) is 10.7 Å². The lowest BCUT2D eigenvalue weighted by molar-refractivity contribution is 0.513. The van der Waals surface area contributed by atoms with Crippen molar-refractivity contribution in [2.75, 3.05) is 6.26 Å². The highest BCUT2D eigenvalue weighted by Gasteiger charge is 2.30. The van der Waals surface area contributed by atoms with Crippen LogP contribution in [0.25, 0.3) is 0 Å². The van der Waals surface area contributed by atoms with Crippen LogP contribution in [-0.4, -0.2) is 35.2 Å². The Hall–Kier alpha value is -1.03. The molecule has 0 spiro atoms. The van der Waals surface area contributed by atoms with Gasteiger partial charge in [-0.25, -0.2) is 25.9 Å². The highest BCUT2D eigenvalue weighted by Crippen LogP contribution is 2.23. The summed E-state index contributed by atoms with van der Waals surface area (Å²) in [5.74, 6) is -0.999. The van der Waals surface area contributed by atoms with Crippen LogP contribution in [0.1, 0.15) is 19.3 Å². The molecule has 0 aromatic heterocycles. The normalized spacial score (nSPS) is 23.4. The minimum absolute atomic E-state index is 0.250. The van der Waals surface area contributed by atoms with Crippen LogP contribution in [-0.2, 0) is 19.9 Å². The van der Waals surface area contributed by atoms with Crippen LogP contribution in [0.2, 0.25) is 0 Å². The Morgan fingerprint density at radius 2 is 1.90 bits per heavy atom. The van der Waals surface area contributed by atoms with E-state index in [4.69, 9.17) is 5.73 Å². The summed E-state index contributed by atoms with van der Waals surface area (Å²) >= 11 is 0. The van der Waals surface area contributed by atoms with Gasteiger partial charge in [-0.15, -0.1) is 0 Å². The monoisotopic (exact) mass is 336 g/mol. The zero-order valence-electron chi connectivity index (χ0n) is 11.4. The molecule has 0 radical (unpaired) electrons. The van der Waals surface area contributed by atoms with Crippen molar-refractivity contribution in [2.45, 2.75) is 41.1 Å². The highest BCUT2D eigenvalue weighted by atomic mass is 32.2. The molecule has 2 atom stereocenters. The minimum Gasteiger partial charge on any atom is -0.326 e. The summed E-state index contributed by atoms with van der Waals surface area (Å²) < 4.78 is 63.5. The van der Waals surface area contributed by atoms with Crippen molar-refractivity contribution in [1.82, 2.24) is 4.72 Å². The molecule has 0 aliphatic heterocycles. The molecule has 3 N–H and O–H groups in total. The topological polar surface area (TPSA) is 106 Å². The predicted molar refractivity (Wildman–Crippen MR) is 75.4 cm³/mol. The van der Waals surface area contributed by atoms with Gasteiger partial charge in [-0.1, -0.05) is 6.42 Å². The smallest absolute Gasteiger partial charge is 0.243 e. The van der Waals surface area contributed by atoms with E-state index in [0.29, 0.717) is 12.8 Å². The van der Waals surface area contributed by atoms with Gasteiger partial charge >= 0.3 is 0 Å². The number of sulfone groups is 1. The van der Waals surface area contributed by atoms with Crippen molar-refractivity contribution in [2.24, 2.45) is 5.73 Å². The van der Waals surface area contributed by atoms with Crippen molar-refractivity contribution in [3.05, 3.63) is 24.0 Å². The number of halogens is 1. The lowest BCUT2D eigenvalue weighted by Crippen LogP contribution is -2.44. The molecule has 0 amide bonds. The zero-order chi connectivity index (χ0) is 15.8. The summed E-state index contributed by atoms with van der Waals surface area (Å²) in [6, 6.07) is 1.91. The molecule has 1 aromatic carbocycles. The van der Waals surface area contributed by atoms with Crippen LogP contribution in [0.15, 0.2) is 28.0 Å². The highest BCUT2D eigenvalue weighted by molar-refractivity contribution is 7.91. The van der Waals surface area contributed by atoms with Crippen molar-refractivity contribution < 1.29 is 21.2 Å². The van der Waals surface area contributed by atoms with Gasteiger partial charge in [0, 0.05) is 18.3 Å². The molecule has 1 aliphatic rings. The van der Waals surface area contributed by atoms with Gasteiger partial charge in [-0.3, -0.25) is 0 Å². The summed E-state index contributed by atoms with van der Waals surface area (Å²) in [7, 11) is -7.78. The van der Waals surface area contributed by atoms with Gasteiger partial charge < -0.3 is 5.73 Å². The molecule has 9 heteroatoms. The van der Waals surface area contributed by atoms with E-state index in [2.05, 4.69) is 4.72 Å². The largest absolute Gasteiger partial charge is 0.326 e. The van der Waals surface area contributed by atoms with Crippen LogP contribution in [0, 0.1) is 5.82 Å². The lowest BCUT2D eigenvalue weighted by Gasteiger charge is -2.17. The van der Waals surface area contributed by atoms with Gasteiger partial charge in [-0.2, -0.15) is 0 Å². The predicted octanol–water partition coefficient (Wildman–Crippen LogP) is 0.387. The van der Waals surface area contributed by atoms with Crippen molar-refractivity contribution in [3.63, 3.8) is 0 Å². The summed E-state index contributed by atoms with van der Waals surface area (Å²) in [6.45, 7) is 0. The molecule has 0 bridgehead atoms. The number of nitrogens with one attached hydrogen (secondary N) is 1. The van der Waals surface area contributed by atoms with Gasteiger partial charge in [0.25, 0.3) is 0 Å². The van der Waals surface area contributed by atoms with Crippen LogP contribution in [0.4, 0.5) is 4.39 Å². The molecule has 2 rings (SSSR count). The maximum Gasteiger partial charge on any atom is 0.243 e. The molecular formula is C12H17FN2O4S2. The summed E-state index contributed by atoms with van der Waals surface area (Å²) in [6.07, 6.45) is 2.99.